The summed E-state index contributed by atoms with van der Waals surface area (Å²) in [6.45, 7) is 3.58. The van der Waals surface area contributed by atoms with Gasteiger partial charge in [-0.3, -0.25) is 5.10 Å². The summed E-state index contributed by atoms with van der Waals surface area (Å²) in [5, 5.41) is 18.3. The van der Waals surface area contributed by atoms with E-state index in [1.54, 1.807) is 11.3 Å². The molecule has 0 saturated heterocycles. The van der Waals surface area contributed by atoms with Gasteiger partial charge in [0.05, 0.1) is 29.1 Å². The molecule has 0 aliphatic rings. The molecule has 0 spiro atoms. The highest BCUT2D eigenvalue weighted by molar-refractivity contribution is 7.19. The van der Waals surface area contributed by atoms with Crippen LogP contribution in [-0.2, 0) is 18.0 Å². The minimum Gasteiger partial charge on any atom is -0.396 e. The van der Waals surface area contributed by atoms with Crippen molar-refractivity contribution < 1.29 is 9.84 Å². The predicted octanol–water partition coefficient (Wildman–Crippen LogP) is 6.37. The molecule has 0 aliphatic heterocycles. The Labute approximate surface area is 191 Å². The zero-order valence-corrected chi connectivity index (χ0v) is 18.9. The molecular weight excluding hydrogens is 418 g/mol. The van der Waals surface area contributed by atoms with Crippen LogP contribution in [0.4, 0.5) is 0 Å². The van der Waals surface area contributed by atoms with Crippen molar-refractivity contribution >= 4 is 32.5 Å². The normalized spacial score (nSPS) is 12.7. The average Bonchev–Trinajstić information content (AvgIpc) is 3.51. The van der Waals surface area contributed by atoms with Crippen molar-refractivity contribution in [2.75, 3.05) is 6.61 Å². The van der Waals surface area contributed by atoms with Crippen LogP contribution in [0.2, 0.25) is 0 Å². The molecule has 3 aromatic heterocycles. The first-order valence-electron chi connectivity index (χ1n) is 11.1. The third-order valence-corrected chi connectivity index (χ3v) is 7.10. The van der Waals surface area contributed by atoms with Crippen molar-refractivity contribution in [1.82, 2.24) is 15.2 Å². The lowest BCUT2D eigenvalue weighted by Gasteiger charge is -2.13. The van der Waals surface area contributed by atoms with Crippen molar-refractivity contribution in [1.29, 1.82) is 0 Å². The third kappa shape index (κ3) is 4.21. The number of hydrogen-bond donors (Lipinski definition) is 3. The summed E-state index contributed by atoms with van der Waals surface area (Å²) >= 11 is 1.72. The topological polar surface area (TPSA) is 73.9 Å². The van der Waals surface area contributed by atoms with E-state index >= 15 is 0 Å². The van der Waals surface area contributed by atoms with Gasteiger partial charge in [-0.15, -0.1) is 11.3 Å². The van der Waals surface area contributed by atoms with Crippen molar-refractivity contribution in [2.45, 2.75) is 38.9 Å². The number of fused-ring (bicyclic) bond motifs is 2. The van der Waals surface area contributed by atoms with Gasteiger partial charge in [-0.05, 0) is 48.1 Å². The number of H-pyrrole nitrogens is 2. The zero-order chi connectivity index (χ0) is 21.9. The van der Waals surface area contributed by atoms with Gasteiger partial charge in [0.25, 0.3) is 0 Å². The van der Waals surface area contributed by atoms with E-state index in [2.05, 4.69) is 64.6 Å². The minimum atomic E-state index is 0.216. The highest BCUT2D eigenvalue weighted by atomic mass is 32.1. The molecule has 0 aliphatic carbocycles. The Morgan fingerprint density at radius 2 is 1.91 bits per heavy atom. The van der Waals surface area contributed by atoms with Crippen molar-refractivity contribution in [3.05, 3.63) is 76.7 Å². The lowest BCUT2D eigenvalue weighted by molar-refractivity contribution is 0.109. The fraction of sp³-hybridized carbons (Fsp3) is 0.269. The molecule has 0 radical (unpaired) electrons. The largest absolute Gasteiger partial charge is 0.396 e. The standard InChI is InChI=1S/C26H27N3O2S/c1-2-18(10-11-30)19-8-9-20-13-23(27-22(20)12-19)25-26-24(28-29-25)14-21(32-26)16-31-15-17-6-4-3-5-7-17/h3-9,12-14,18,27,30H,2,10-11,15-16H2,1H3,(H,28,29). The van der Waals surface area contributed by atoms with E-state index in [-0.39, 0.29) is 6.61 Å². The van der Waals surface area contributed by atoms with E-state index in [9.17, 15) is 5.11 Å². The van der Waals surface area contributed by atoms with Crippen LogP contribution in [0.15, 0.2) is 60.7 Å². The van der Waals surface area contributed by atoms with E-state index < -0.39 is 0 Å². The van der Waals surface area contributed by atoms with Crippen LogP contribution in [-0.4, -0.2) is 26.9 Å². The number of nitrogens with one attached hydrogen (secondary N) is 2. The number of ether oxygens (including phenoxy) is 1. The fourth-order valence-corrected chi connectivity index (χ4v) is 5.30. The molecular formula is C26H27N3O2S. The zero-order valence-electron chi connectivity index (χ0n) is 18.1. The van der Waals surface area contributed by atoms with E-state index in [4.69, 9.17) is 4.74 Å². The van der Waals surface area contributed by atoms with Gasteiger partial charge in [-0.25, -0.2) is 0 Å². The maximum absolute atomic E-state index is 9.36. The lowest BCUT2D eigenvalue weighted by Crippen LogP contribution is -2.00. The first-order chi connectivity index (χ1) is 15.7. The number of aliphatic hydroxyl groups is 1. The Morgan fingerprint density at radius 3 is 2.72 bits per heavy atom. The molecule has 2 aromatic carbocycles. The van der Waals surface area contributed by atoms with Crippen molar-refractivity contribution in [2.24, 2.45) is 0 Å². The summed E-state index contributed by atoms with van der Waals surface area (Å²) in [6.07, 6.45) is 1.81. The second kappa shape index (κ2) is 9.28. The molecule has 5 aromatic rings. The first kappa shape index (κ1) is 20.9. The molecule has 0 saturated carbocycles. The molecule has 0 bridgehead atoms. The van der Waals surface area contributed by atoms with Gasteiger partial charge >= 0.3 is 0 Å². The van der Waals surface area contributed by atoms with Crippen LogP contribution in [0.5, 0.6) is 0 Å². The first-order valence-corrected chi connectivity index (χ1v) is 11.9. The number of rotatable bonds is 9. The molecule has 0 fully saturated rings. The smallest absolute Gasteiger partial charge is 0.126 e. The summed E-state index contributed by atoms with van der Waals surface area (Å²) in [5.41, 5.74) is 6.55. The average molecular weight is 446 g/mol. The Hall–Kier alpha value is -2.93. The lowest BCUT2D eigenvalue weighted by atomic mass is 9.93. The molecule has 6 heteroatoms. The molecule has 1 unspecified atom stereocenters. The summed E-state index contributed by atoms with van der Waals surface area (Å²) in [4.78, 5) is 4.74. The third-order valence-electron chi connectivity index (χ3n) is 5.99. The molecule has 3 heterocycles. The van der Waals surface area contributed by atoms with Gasteiger partial charge in [0.15, 0.2) is 0 Å². The SMILES string of the molecule is CCC(CCO)c1ccc2cc(-c3n[nH]c4cc(COCc5ccccc5)sc34)[nH]c2c1. The van der Waals surface area contributed by atoms with E-state index in [0.717, 1.165) is 40.0 Å². The van der Waals surface area contributed by atoms with E-state index in [1.165, 1.54) is 21.4 Å². The molecule has 5 rings (SSSR count). The van der Waals surface area contributed by atoms with Gasteiger partial charge in [-0.2, -0.15) is 5.10 Å². The number of hydrogen-bond acceptors (Lipinski definition) is 4. The van der Waals surface area contributed by atoms with Gasteiger partial charge in [0, 0.05) is 22.4 Å². The van der Waals surface area contributed by atoms with Crippen LogP contribution in [0.1, 0.15) is 41.7 Å². The fourth-order valence-electron chi connectivity index (χ4n) is 4.25. The maximum atomic E-state index is 9.36. The number of aliphatic hydroxyl groups excluding tert-OH is 1. The quantitative estimate of drug-likeness (QED) is 0.247. The van der Waals surface area contributed by atoms with Crippen molar-refractivity contribution in [3.8, 4) is 11.4 Å². The highest BCUT2D eigenvalue weighted by Gasteiger charge is 2.16. The summed E-state index contributed by atoms with van der Waals surface area (Å²) in [7, 11) is 0. The van der Waals surface area contributed by atoms with Gasteiger partial charge in [-0.1, -0.05) is 49.4 Å². The Balaban J connectivity index is 1.37. The Kier molecular flexibility index (Phi) is 6.08. The molecule has 0 amide bonds. The molecule has 5 nitrogen and oxygen atoms in total. The van der Waals surface area contributed by atoms with Gasteiger partial charge in [0.2, 0.25) is 0 Å². The van der Waals surface area contributed by atoms with E-state index in [1.807, 2.05) is 18.2 Å². The second-order valence-corrected chi connectivity index (χ2v) is 9.29. The number of benzene rings is 2. The predicted molar refractivity (Wildman–Crippen MR) is 131 cm³/mol. The van der Waals surface area contributed by atoms with Crippen LogP contribution >= 0.6 is 11.3 Å². The number of nitrogens with zero attached hydrogens (tertiary/aromatic N) is 1. The summed E-state index contributed by atoms with van der Waals surface area (Å²) in [5.74, 6) is 0.379. The van der Waals surface area contributed by atoms with Gasteiger partial charge < -0.3 is 14.8 Å². The summed E-state index contributed by atoms with van der Waals surface area (Å²) < 4.78 is 7.06. The van der Waals surface area contributed by atoms with Crippen molar-refractivity contribution in [3.63, 3.8) is 0 Å². The van der Waals surface area contributed by atoms with Gasteiger partial charge in [0.1, 0.15) is 5.69 Å². The van der Waals surface area contributed by atoms with Crippen LogP contribution in [0.25, 0.3) is 32.5 Å². The minimum absolute atomic E-state index is 0.216. The number of aromatic amines is 2. The number of thiophene rings is 1. The van der Waals surface area contributed by atoms with Crippen LogP contribution in [0.3, 0.4) is 0 Å². The Morgan fingerprint density at radius 1 is 1.03 bits per heavy atom. The molecule has 3 N–H and O–H groups in total. The molecule has 1 atom stereocenters. The monoisotopic (exact) mass is 445 g/mol. The number of aromatic nitrogens is 3. The Bertz CT molecular complexity index is 1320. The van der Waals surface area contributed by atoms with E-state index in [0.29, 0.717) is 19.1 Å². The second-order valence-electron chi connectivity index (χ2n) is 8.15. The van der Waals surface area contributed by atoms with Crippen LogP contribution < -0.4 is 0 Å². The molecule has 32 heavy (non-hydrogen) atoms. The highest BCUT2D eigenvalue weighted by Crippen LogP contribution is 2.35. The summed E-state index contributed by atoms with van der Waals surface area (Å²) in [6, 6.07) is 21.1. The maximum Gasteiger partial charge on any atom is 0.126 e. The van der Waals surface area contributed by atoms with Crippen LogP contribution in [0, 0.1) is 0 Å². The molecule has 164 valence electrons.